The molecule has 4 rings (SSSR count). The molecule has 0 amide bonds. The number of likely N-dealkylation sites (N-methyl/N-ethyl adjacent to an activating group) is 1. The molecule has 0 bridgehead atoms. The van der Waals surface area contributed by atoms with Crippen LogP contribution < -0.4 is 14.8 Å². The highest BCUT2D eigenvalue weighted by atomic mass is 16.5. The first-order chi connectivity index (χ1) is 14.8. The fourth-order valence-electron chi connectivity index (χ4n) is 3.90. The molecule has 8 nitrogen and oxygen atoms in total. The average molecular weight is 409 g/mol. The van der Waals surface area contributed by atoms with Crippen LogP contribution in [0, 0.1) is 0 Å². The van der Waals surface area contributed by atoms with Crippen LogP contribution in [0.4, 0.5) is 0 Å². The van der Waals surface area contributed by atoms with Crippen molar-refractivity contribution in [1.82, 2.24) is 30.4 Å². The molecular weight excluding hydrogens is 380 g/mol. The van der Waals surface area contributed by atoms with E-state index in [2.05, 4.69) is 32.7 Å². The van der Waals surface area contributed by atoms with Gasteiger partial charge >= 0.3 is 6.01 Å². The molecule has 1 aliphatic heterocycles. The van der Waals surface area contributed by atoms with E-state index in [-0.39, 0.29) is 6.01 Å². The minimum atomic E-state index is 0.284. The molecule has 2 heterocycles. The Morgan fingerprint density at radius 3 is 2.80 bits per heavy atom. The molecule has 0 spiro atoms. The second-order valence-corrected chi connectivity index (χ2v) is 7.35. The van der Waals surface area contributed by atoms with Gasteiger partial charge < -0.3 is 14.8 Å². The first kappa shape index (κ1) is 20.3. The summed E-state index contributed by atoms with van der Waals surface area (Å²) in [6.07, 6.45) is 2.57. The number of tetrazole rings is 1. The van der Waals surface area contributed by atoms with Crippen molar-refractivity contribution in [3.8, 4) is 23.2 Å². The van der Waals surface area contributed by atoms with E-state index in [0.717, 1.165) is 30.9 Å². The summed E-state index contributed by atoms with van der Waals surface area (Å²) in [4.78, 5) is 2.54. The summed E-state index contributed by atoms with van der Waals surface area (Å²) in [6.45, 7) is 6.35. The van der Waals surface area contributed by atoms with E-state index in [1.54, 1.807) is 11.8 Å². The normalized spacial score (nSPS) is 16.7. The maximum atomic E-state index is 5.97. The van der Waals surface area contributed by atoms with Crippen molar-refractivity contribution >= 4 is 0 Å². The topological polar surface area (TPSA) is 77.3 Å². The number of nitrogens with one attached hydrogen (secondary N) is 1. The van der Waals surface area contributed by atoms with Gasteiger partial charge in [-0.2, -0.15) is 4.68 Å². The maximum Gasteiger partial charge on any atom is 0.346 e. The second kappa shape index (κ2) is 9.69. The number of rotatable bonds is 9. The second-order valence-electron chi connectivity index (χ2n) is 7.35. The molecule has 0 saturated carbocycles. The zero-order chi connectivity index (χ0) is 20.8. The van der Waals surface area contributed by atoms with Crippen LogP contribution in [0.1, 0.15) is 25.3 Å². The van der Waals surface area contributed by atoms with Gasteiger partial charge in [-0.25, -0.2) is 0 Å². The lowest BCUT2D eigenvalue weighted by molar-refractivity contribution is 0.260. The van der Waals surface area contributed by atoms with Gasteiger partial charge in [0.15, 0.2) is 11.5 Å². The molecule has 30 heavy (non-hydrogen) atoms. The Kier molecular flexibility index (Phi) is 6.56. The number of benzene rings is 2. The first-order valence-electron chi connectivity index (χ1n) is 10.4. The quantitative estimate of drug-likeness (QED) is 0.583. The van der Waals surface area contributed by atoms with Crippen LogP contribution in [0.3, 0.4) is 0 Å². The van der Waals surface area contributed by atoms with Crippen LogP contribution in [0.5, 0.6) is 17.5 Å². The summed E-state index contributed by atoms with van der Waals surface area (Å²) >= 11 is 0. The molecule has 0 unspecified atom stereocenters. The monoisotopic (exact) mass is 408 g/mol. The Hall–Kier alpha value is -2.97. The molecular formula is C22H28N6O2. The summed E-state index contributed by atoms with van der Waals surface area (Å²) in [7, 11) is 1.64. The summed E-state index contributed by atoms with van der Waals surface area (Å²) in [6, 6.07) is 16.5. The molecule has 0 aliphatic carbocycles. The van der Waals surface area contributed by atoms with E-state index in [4.69, 9.17) is 9.47 Å². The van der Waals surface area contributed by atoms with E-state index in [1.165, 1.54) is 19.4 Å². The minimum Gasteiger partial charge on any atom is -0.493 e. The molecule has 1 aromatic heterocycles. The largest absolute Gasteiger partial charge is 0.493 e. The SMILES string of the molecule is CCN1CCC[C@H]1CNCc1ccc(Oc2nnnn2-c2ccccc2)c(OC)c1. The fourth-order valence-corrected chi connectivity index (χ4v) is 3.90. The number of para-hydroxylation sites is 1. The molecule has 158 valence electrons. The highest BCUT2D eigenvalue weighted by molar-refractivity contribution is 5.44. The van der Waals surface area contributed by atoms with Crippen LogP contribution in [-0.2, 0) is 6.54 Å². The third kappa shape index (κ3) is 4.60. The highest BCUT2D eigenvalue weighted by Gasteiger charge is 2.22. The van der Waals surface area contributed by atoms with Crippen LogP contribution in [0.25, 0.3) is 5.69 Å². The van der Waals surface area contributed by atoms with Crippen LogP contribution >= 0.6 is 0 Å². The Morgan fingerprint density at radius 1 is 1.13 bits per heavy atom. The molecule has 3 aromatic rings. The van der Waals surface area contributed by atoms with E-state index in [0.29, 0.717) is 17.5 Å². The number of likely N-dealkylation sites (tertiary alicyclic amines) is 1. The van der Waals surface area contributed by atoms with Gasteiger partial charge in [0.25, 0.3) is 0 Å². The number of methoxy groups -OCH3 is 1. The average Bonchev–Trinajstić information content (AvgIpc) is 3.44. The Morgan fingerprint density at radius 2 is 2.00 bits per heavy atom. The third-order valence-corrected chi connectivity index (χ3v) is 5.49. The third-order valence-electron chi connectivity index (χ3n) is 5.49. The molecule has 1 saturated heterocycles. The predicted octanol–water partition coefficient (Wildman–Crippen LogP) is 3.04. The van der Waals surface area contributed by atoms with Crippen molar-refractivity contribution in [1.29, 1.82) is 0 Å². The Bertz CT molecular complexity index is 946. The van der Waals surface area contributed by atoms with Crippen molar-refractivity contribution in [2.24, 2.45) is 0 Å². The zero-order valence-corrected chi connectivity index (χ0v) is 17.5. The molecule has 0 radical (unpaired) electrons. The van der Waals surface area contributed by atoms with Gasteiger partial charge in [0.05, 0.1) is 12.8 Å². The lowest BCUT2D eigenvalue weighted by Gasteiger charge is -2.23. The smallest absolute Gasteiger partial charge is 0.346 e. The van der Waals surface area contributed by atoms with Crippen LogP contribution in [0.2, 0.25) is 0 Å². The summed E-state index contributed by atoms with van der Waals surface area (Å²) in [5.74, 6) is 1.22. The van der Waals surface area contributed by atoms with E-state index >= 15 is 0 Å². The Labute approximate surface area is 176 Å². The Balaban J connectivity index is 1.41. The number of hydrogen-bond acceptors (Lipinski definition) is 7. The van der Waals surface area contributed by atoms with E-state index in [1.807, 2.05) is 48.5 Å². The van der Waals surface area contributed by atoms with Gasteiger partial charge in [-0.05, 0) is 66.2 Å². The van der Waals surface area contributed by atoms with Crippen molar-refractivity contribution in [3.05, 3.63) is 54.1 Å². The van der Waals surface area contributed by atoms with Gasteiger partial charge in [-0.3, -0.25) is 4.90 Å². The standard InChI is InChI=1S/C22H28N6O2/c1-3-27-13-7-10-19(27)16-23-15-17-11-12-20(21(14-17)29-2)30-22-24-25-26-28(22)18-8-5-4-6-9-18/h4-6,8-9,11-12,14,19,23H,3,7,10,13,15-16H2,1-2H3/t19-/m0/s1. The van der Waals surface area contributed by atoms with Crippen LogP contribution in [0.15, 0.2) is 48.5 Å². The van der Waals surface area contributed by atoms with E-state index in [9.17, 15) is 0 Å². The molecule has 8 heteroatoms. The molecule has 2 aromatic carbocycles. The molecule has 1 N–H and O–H groups in total. The highest BCUT2D eigenvalue weighted by Crippen LogP contribution is 2.32. The van der Waals surface area contributed by atoms with Crippen molar-refractivity contribution in [2.75, 3.05) is 26.7 Å². The van der Waals surface area contributed by atoms with Gasteiger partial charge in [-0.1, -0.05) is 36.3 Å². The van der Waals surface area contributed by atoms with Gasteiger partial charge in [0.1, 0.15) is 0 Å². The van der Waals surface area contributed by atoms with Crippen molar-refractivity contribution in [2.45, 2.75) is 32.4 Å². The zero-order valence-electron chi connectivity index (χ0n) is 17.5. The fraction of sp³-hybridized carbons (Fsp3) is 0.409. The summed E-state index contributed by atoms with van der Waals surface area (Å²) in [5.41, 5.74) is 1.97. The molecule has 1 atom stereocenters. The first-order valence-corrected chi connectivity index (χ1v) is 10.4. The van der Waals surface area contributed by atoms with Gasteiger partial charge in [0, 0.05) is 19.1 Å². The molecule has 1 fully saturated rings. The number of nitrogens with zero attached hydrogens (tertiary/aromatic N) is 5. The van der Waals surface area contributed by atoms with E-state index < -0.39 is 0 Å². The maximum absolute atomic E-state index is 5.97. The number of aromatic nitrogens is 4. The lowest BCUT2D eigenvalue weighted by Crippen LogP contribution is -2.37. The number of ether oxygens (including phenoxy) is 2. The summed E-state index contributed by atoms with van der Waals surface area (Å²) in [5, 5.41) is 15.3. The van der Waals surface area contributed by atoms with Gasteiger partial charge in [0.2, 0.25) is 0 Å². The lowest BCUT2D eigenvalue weighted by atomic mass is 10.2. The van der Waals surface area contributed by atoms with Crippen LogP contribution in [-0.4, -0.2) is 57.9 Å². The van der Waals surface area contributed by atoms with Crippen molar-refractivity contribution in [3.63, 3.8) is 0 Å². The summed E-state index contributed by atoms with van der Waals surface area (Å²) < 4.78 is 13.1. The minimum absolute atomic E-state index is 0.284. The molecule has 1 aliphatic rings. The van der Waals surface area contributed by atoms with Crippen molar-refractivity contribution < 1.29 is 9.47 Å². The number of hydrogen-bond donors (Lipinski definition) is 1. The predicted molar refractivity (Wildman–Crippen MR) is 114 cm³/mol. The van der Waals surface area contributed by atoms with Gasteiger partial charge in [-0.15, -0.1) is 0 Å².